The Labute approximate surface area is 184 Å². The van der Waals surface area contributed by atoms with Gasteiger partial charge >= 0.3 is 0 Å². The zero-order valence-electron chi connectivity index (χ0n) is 17.8. The molecule has 3 aromatic rings. The highest BCUT2D eigenvalue weighted by Gasteiger charge is 2.19. The number of thioether (sulfide) groups is 1. The van der Waals surface area contributed by atoms with Crippen LogP contribution < -0.4 is 25.4 Å². The number of amides is 1. The number of carbonyl (C=O) groups excluding carboxylic acids is 1. The molecule has 0 radical (unpaired) electrons. The van der Waals surface area contributed by atoms with Gasteiger partial charge in [-0.05, 0) is 24.6 Å². The van der Waals surface area contributed by atoms with Crippen molar-refractivity contribution in [1.29, 1.82) is 0 Å². The van der Waals surface area contributed by atoms with Gasteiger partial charge in [0.25, 0.3) is 0 Å². The van der Waals surface area contributed by atoms with Crippen LogP contribution in [0.4, 0.5) is 0 Å². The van der Waals surface area contributed by atoms with E-state index in [9.17, 15) is 4.79 Å². The fourth-order valence-electron chi connectivity index (χ4n) is 2.87. The van der Waals surface area contributed by atoms with Gasteiger partial charge in [0, 0.05) is 12.1 Å². The number of carbonyl (C=O) groups is 1. The largest absolute Gasteiger partial charge is 0.493 e. The van der Waals surface area contributed by atoms with E-state index in [2.05, 4.69) is 15.5 Å². The molecule has 0 bridgehead atoms. The zero-order chi connectivity index (χ0) is 22.4. The minimum Gasteiger partial charge on any atom is -0.493 e. The lowest BCUT2D eigenvalue weighted by Gasteiger charge is -2.13. The number of nitrogens with zero attached hydrogens (tertiary/aromatic N) is 3. The Morgan fingerprint density at radius 3 is 2.29 bits per heavy atom. The minimum absolute atomic E-state index is 0.122. The molecule has 0 unspecified atom stereocenters. The number of rotatable bonds is 9. The molecule has 0 aliphatic heterocycles. The number of ether oxygens (including phenoxy) is 3. The molecule has 1 heterocycles. The molecule has 1 amide bonds. The summed E-state index contributed by atoms with van der Waals surface area (Å²) in [4.78, 5) is 12.2. The van der Waals surface area contributed by atoms with Gasteiger partial charge in [0.15, 0.2) is 17.3 Å². The van der Waals surface area contributed by atoms with E-state index in [1.165, 1.54) is 43.3 Å². The summed E-state index contributed by atoms with van der Waals surface area (Å²) < 4.78 is 17.4. The Balaban J connectivity index is 1.67. The van der Waals surface area contributed by atoms with Crippen LogP contribution in [-0.4, -0.2) is 47.9 Å². The molecule has 0 aliphatic carbocycles. The monoisotopic (exact) mass is 443 g/mol. The molecule has 9 nitrogen and oxygen atoms in total. The van der Waals surface area contributed by atoms with Gasteiger partial charge in [0.1, 0.15) is 0 Å². The summed E-state index contributed by atoms with van der Waals surface area (Å²) in [6, 6.07) is 11.5. The predicted octanol–water partition coefficient (Wildman–Crippen LogP) is 2.40. The third-order valence-electron chi connectivity index (χ3n) is 4.53. The van der Waals surface area contributed by atoms with Gasteiger partial charge in [-0.15, -0.1) is 10.2 Å². The van der Waals surface area contributed by atoms with Crippen molar-refractivity contribution in [2.24, 2.45) is 0 Å². The molecule has 0 saturated carbocycles. The molecule has 0 spiro atoms. The van der Waals surface area contributed by atoms with E-state index in [0.717, 1.165) is 5.56 Å². The van der Waals surface area contributed by atoms with Crippen molar-refractivity contribution in [2.45, 2.75) is 18.6 Å². The van der Waals surface area contributed by atoms with Crippen LogP contribution in [0.1, 0.15) is 11.1 Å². The van der Waals surface area contributed by atoms with Crippen LogP contribution in [0.5, 0.6) is 17.2 Å². The molecule has 10 heteroatoms. The first-order chi connectivity index (χ1) is 15.0. The average Bonchev–Trinajstić information content (AvgIpc) is 3.16. The molecule has 1 aromatic heterocycles. The summed E-state index contributed by atoms with van der Waals surface area (Å²) >= 11 is 1.20. The second kappa shape index (κ2) is 10.1. The van der Waals surface area contributed by atoms with Crippen molar-refractivity contribution in [1.82, 2.24) is 20.2 Å². The fraction of sp³-hybridized carbons (Fsp3) is 0.286. The number of nitrogens with two attached hydrogens (primary N) is 1. The van der Waals surface area contributed by atoms with Crippen LogP contribution in [0.15, 0.2) is 41.6 Å². The fourth-order valence-corrected chi connectivity index (χ4v) is 3.56. The summed E-state index contributed by atoms with van der Waals surface area (Å²) in [5, 5.41) is 11.6. The van der Waals surface area contributed by atoms with Crippen LogP contribution in [0.25, 0.3) is 11.4 Å². The Hall–Kier alpha value is -3.40. The predicted molar refractivity (Wildman–Crippen MR) is 119 cm³/mol. The standard InChI is InChI=1S/C21H25N5O4S/c1-13-5-7-14(8-6-13)11-23-18(27)12-31-21-25-24-20(26(21)22)15-9-16(28-2)19(30-4)17(10-15)29-3/h5-10H,11-12,22H2,1-4H3,(H,23,27). The summed E-state index contributed by atoms with van der Waals surface area (Å²) in [6.45, 7) is 2.49. The van der Waals surface area contributed by atoms with E-state index in [4.69, 9.17) is 20.1 Å². The molecule has 2 aromatic carbocycles. The summed E-state index contributed by atoms with van der Waals surface area (Å²) in [6.07, 6.45) is 0. The number of nitrogen functional groups attached to an aromatic ring is 1. The second-order valence-corrected chi connectivity index (χ2v) is 7.58. The van der Waals surface area contributed by atoms with Crippen molar-refractivity contribution in [2.75, 3.05) is 32.9 Å². The second-order valence-electron chi connectivity index (χ2n) is 6.64. The highest BCUT2D eigenvalue weighted by Crippen LogP contribution is 2.40. The van der Waals surface area contributed by atoms with Crippen LogP contribution in [-0.2, 0) is 11.3 Å². The van der Waals surface area contributed by atoms with E-state index >= 15 is 0 Å². The lowest BCUT2D eigenvalue weighted by atomic mass is 10.1. The molecule has 3 rings (SSSR count). The SMILES string of the molecule is COc1cc(-c2nnc(SCC(=O)NCc3ccc(C)cc3)n2N)cc(OC)c1OC. The molecular weight excluding hydrogens is 418 g/mol. The molecule has 0 atom stereocenters. The highest BCUT2D eigenvalue weighted by atomic mass is 32.2. The number of benzene rings is 2. The summed E-state index contributed by atoms with van der Waals surface area (Å²) in [5.41, 5.74) is 2.85. The topological polar surface area (TPSA) is 114 Å². The third-order valence-corrected chi connectivity index (χ3v) is 5.47. The summed E-state index contributed by atoms with van der Waals surface area (Å²) in [7, 11) is 4.60. The molecule has 0 fully saturated rings. The maximum Gasteiger partial charge on any atom is 0.230 e. The number of hydrogen-bond acceptors (Lipinski definition) is 8. The Kier molecular flexibility index (Phi) is 7.24. The molecule has 0 saturated heterocycles. The Bertz CT molecular complexity index is 1030. The van der Waals surface area contributed by atoms with E-state index < -0.39 is 0 Å². The maximum atomic E-state index is 12.2. The van der Waals surface area contributed by atoms with Crippen molar-refractivity contribution in [3.63, 3.8) is 0 Å². The van der Waals surface area contributed by atoms with Crippen LogP contribution in [0, 0.1) is 6.92 Å². The van der Waals surface area contributed by atoms with Crippen LogP contribution >= 0.6 is 11.8 Å². The number of nitrogens with one attached hydrogen (secondary N) is 1. The first-order valence-corrected chi connectivity index (χ1v) is 10.4. The van der Waals surface area contributed by atoms with E-state index in [-0.39, 0.29) is 11.7 Å². The number of aromatic nitrogens is 3. The average molecular weight is 444 g/mol. The quantitative estimate of drug-likeness (QED) is 0.383. The zero-order valence-corrected chi connectivity index (χ0v) is 18.7. The third kappa shape index (κ3) is 5.21. The van der Waals surface area contributed by atoms with Crippen molar-refractivity contribution >= 4 is 17.7 Å². The van der Waals surface area contributed by atoms with Crippen LogP contribution in [0.3, 0.4) is 0 Å². The van der Waals surface area contributed by atoms with E-state index in [1.54, 1.807) is 12.1 Å². The molecule has 31 heavy (non-hydrogen) atoms. The minimum atomic E-state index is -0.122. The first-order valence-electron chi connectivity index (χ1n) is 9.42. The lowest BCUT2D eigenvalue weighted by molar-refractivity contribution is -0.118. The molecule has 164 valence electrons. The Morgan fingerprint density at radius 2 is 1.71 bits per heavy atom. The number of aryl methyl sites for hydroxylation is 1. The van der Waals surface area contributed by atoms with Crippen molar-refractivity contribution in [3.8, 4) is 28.6 Å². The van der Waals surface area contributed by atoms with Gasteiger partial charge in [-0.2, -0.15) is 0 Å². The molecule has 0 aliphatic rings. The van der Waals surface area contributed by atoms with Gasteiger partial charge in [-0.25, -0.2) is 4.68 Å². The Morgan fingerprint density at radius 1 is 1.06 bits per heavy atom. The van der Waals surface area contributed by atoms with Crippen molar-refractivity contribution < 1.29 is 19.0 Å². The van der Waals surface area contributed by atoms with Gasteiger partial charge in [-0.3, -0.25) is 4.79 Å². The van der Waals surface area contributed by atoms with E-state index in [0.29, 0.717) is 40.3 Å². The molecular formula is C21H25N5O4S. The number of hydrogen-bond donors (Lipinski definition) is 2. The lowest BCUT2D eigenvalue weighted by Crippen LogP contribution is -2.25. The van der Waals surface area contributed by atoms with Crippen molar-refractivity contribution in [3.05, 3.63) is 47.5 Å². The van der Waals surface area contributed by atoms with Crippen LogP contribution in [0.2, 0.25) is 0 Å². The maximum absolute atomic E-state index is 12.2. The van der Waals surface area contributed by atoms with Gasteiger partial charge in [-0.1, -0.05) is 41.6 Å². The normalized spacial score (nSPS) is 10.6. The summed E-state index contributed by atoms with van der Waals surface area (Å²) in [5.74, 6) is 8.05. The van der Waals surface area contributed by atoms with Gasteiger partial charge in [0.2, 0.25) is 16.8 Å². The van der Waals surface area contributed by atoms with Gasteiger partial charge in [0.05, 0.1) is 27.1 Å². The number of methoxy groups -OCH3 is 3. The van der Waals surface area contributed by atoms with Gasteiger partial charge < -0.3 is 25.4 Å². The molecule has 3 N–H and O–H groups in total. The first kappa shape index (κ1) is 22.3. The highest BCUT2D eigenvalue weighted by molar-refractivity contribution is 7.99. The van der Waals surface area contributed by atoms with E-state index in [1.807, 2.05) is 31.2 Å². The smallest absolute Gasteiger partial charge is 0.230 e.